The lowest BCUT2D eigenvalue weighted by molar-refractivity contribution is -0.122. The molecule has 2 aromatic carbocycles. The van der Waals surface area contributed by atoms with Crippen molar-refractivity contribution >= 4 is 41.1 Å². The summed E-state index contributed by atoms with van der Waals surface area (Å²) in [7, 11) is 1.50. The minimum absolute atomic E-state index is 0.288. The second-order valence-corrected chi connectivity index (χ2v) is 5.74. The van der Waals surface area contributed by atoms with E-state index in [-0.39, 0.29) is 5.75 Å². The van der Waals surface area contributed by atoms with Crippen LogP contribution in [0.15, 0.2) is 36.4 Å². The fourth-order valence-electron chi connectivity index (χ4n) is 1.92. The van der Waals surface area contributed by atoms with Crippen LogP contribution in [0.2, 0.25) is 10.0 Å². The molecule has 0 unspecified atom stereocenters. The Balaban J connectivity index is 2.10. The van der Waals surface area contributed by atoms with Crippen LogP contribution in [0.4, 0.5) is 5.69 Å². The van der Waals surface area contributed by atoms with Gasteiger partial charge in [-0.05, 0) is 43.3 Å². The van der Waals surface area contributed by atoms with Crippen molar-refractivity contribution in [3.8, 4) is 11.5 Å². The minimum atomic E-state index is -0.844. The summed E-state index contributed by atoms with van der Waals surface area (Å²) in [6.45, 7) is 1.57. The number of ether oxygens (including phenoxy) is 2. The van der Waals surface area contributed by atoms with Crippen LogP contribution in [0, 0.1) is 0 Å². The molecule has 0 saturated heterocycles. The first-order valence-corrected chi connectivity index (χ1v) is 7.76. The molecule has 5 nitrogen and oxygen atoms in total. The molecule has 7 heteroatoms. The average molecular weight is 368 g/mol. The largest absolute Gasteiger partial charge is 0.497 e. The predicted molar refractivity (Wildman–Crippen MR) is 93.6 cm³/mol. The summed E-state index contributed by atoms with van der Waals surface area (Å²) in [5.74, 6) is 0.400. The van der Waals surface area contributed by atoms with Crippen molar-refractivity contribution in [3.05, 3.63) is 52.0 Å². The maximum Gasteiger partial charge on any atom is 0.265 e. The highest BCUT2D eigenvalue weighted by Gasteiger charge is 2.18. The molecule has 0 saturated carbocycles. The van der Waals surface area contributed by atoms with E-state index in [1.807, 2.05) is 0 Å². The quantitative estimate of drug-likeness (QED) is 0.776. The van der Waals surface area contributed by atoms with Gasteiger partial charge in [-0.15, -0.1) is 0 Å². The van der Waals surface area contributed by atoms with Crippen LogP contribution in [0.3, 0.4) is 0 Å². The van der Waals surface area contributed by atoms with Crippen molar-refractivity contribution in [3.63, 3.8) is 0 Å². The van der Waals surface area contributed by atoms with E-state index in [9.17, 15) is 9.59 Å². The molecule has 2 aromatic rings. The molecule has 0 radical (unpaired) electrons. The molecule has 0 heterocycles. The minimum Gasteiger partial charge on any atom is -0.497 e. The Hall–Kier alpha value is -2.24. The third-order valence-electron chi connectivity index (χ3n) is 3.21. The number of aldehydes is 1. The number of rotatable bonds is 6. The van der Waals surface area contributed by atoms with Crippen LogP contribution in [0.25, 0.3) is 0 Å². The lowest BCUT2D eigenvalue weighted by atomic mass is 10.2. The Morgan fingerprint density at radius 1 is 1.21 bits per heavy atom. The van der Waals surface area contributed by atoms with Gasteiger partial charge in [0.1, 0.15) is 11.5 Å². The Bertz CT molecular complexity index is 764. The highest BCUT2D eigenvalue weighted by Crippen LogP contribution is 2.26. The molecule has 0 spiro atoms. The van der Waals surface area contributed by atoms with Crippen molar-refractivity contribution in [1.82, 2.24) is 0 Å². The number of carbonyl (C=O) groups is 2. The zero-order chi connectivity index (χ0) is 17.7. The zero-order valence-electron chi connectivity index (χ0n) is 13.0. The molecule has 24 heavy (non-hydrogen) atoms. The van der Waals surface area contributed by atoms with E-state index in [4.69, 9.17) is 32.7 Å². The molecule has 0 aliphatic carbocycles. The van der Waals surface area contributed by atoms with Gasteiger partial charge in [-0.3, -0.25) is 9.59 Å². The third kappa shape index (κ3) is 4.40. The molecule has 126 valence electrons. The monoisotopic (exact) mass is 367 g/mol. The smallest absolute Gasteiger partial charge is 0.265 e. The maximum absolute atomic E-state index is 12.2. The lowest BCUT2D eigenvalue weighted by Crippen LogP contribution is -2.30. The van der Waals surface area contributed by atoms with Gasteiger partial charge in [0.15, 0.2) is 12.4 Å². The van der Waals surface area contributed by atoms with E-state index in [1.165, 1.54) is 19.2 Å². The standard InChI is InChI=1S/C17H15Cl2NO4/c1-10(17(22)20-15-5-3-12(18)8-14(15)19)24-16-6-4-13(23-2)7-11(16)9-21/h3-10H,1-2H3,(H,20,22)/t10-/m1/s1. The van der Waals surface area contributed by atoms with E-state index in [0.717, 1.165) is 0 Å². The zero-order valence-corrected chi connectivity index (χ0v) is 14.5. The Morgan fingerprint density at radius 2 is 1.96 bits per heavy atom. The topological polar surface area (TPSA) is 64.6 Å². The van der Waals surface area contributed by atoms with Gasteiger partial charge in [0.05, 0.1) is 23.4 Å². The number of methoxy groups -OCH3 is 1. The van der Waals surface area contributed by atoms with E-state index in [0.29, 0.717) is 33.3 Å². The fraction of sp³-hybridized carbons (Fsp3) is 0.176. The number of hydrogen-bond acceptors (Lipinski definition) is 4. The van der Waals surface area contributed by atoms with Crippen LogP contribution < -0.4 is 14.8 Å². The first-order chi connectivity index (χ1) is 11.4. The average Bonchev–Trinajstić information content (AvgIpc) is 2.57. The van der Waals surface area contributed by atoms with Crippen molar-refractivity contribution < 1.29 is 19.1 Å². The van der Waals surface area contributed by atoms with Gasteiger partial charge in [-0.2, -0.15) is 0 Å². The maximum atomic E-state index is 12.2. The van der Waals surface area contributed by atoms with E-state index >= 15 is 0 Å². The molecule has 0 bridgehead atoms. The van der Waals surface area contributed by atoms with E-state index in [1.54, 1.807) is 31.2 Å². The predicted octanol–water partition coefficient (Wildman–Crippen LogP) is 4.22. The van der Waals surface area contributed by atoms with Gasteiger partial charge in [-0.1, -0.05) is 23.2 Å². The van der Waals surface area contributed by atoms with Crippen molar-refractivity contribution in [1.29, 1.82) is 0 Å². The Labute approximate surface area is 149 Å². The van der Waals surface area contributed by atoms with Crippen LogP contribution in [-0.4, -0.2) is 25.4 Å². The van der Waals surface area contributed by atoms with Crippen LogP contribution in [0.1, 0.15) is 17.3 Å². The first-order valence-electron chi connectivity index (χ1n) is 7.00. The first kappa shape index (κ1) is 18.1. The SMILES string of the molecule is COc1ccc(O[C@H](C)C(=O)Nc2ccc(Cl)cc2Cl)c(C=O)c1. The molecule has 1 atom stereocenters. The molecular weight excluding hydrogens is 353 g/mol. The highest BCUT2D eigenvalue weighted by atomic mass is 35.5. The Morgan fingerprint density at radius 3 is 2.58 bits per heavy atom. The summed E-state index contributed by atoms with van der Waals surface area (Å²) < 4.78 is 10.6. The molecule has 2 rings (SSSR count). The van der Waals surface area contributed by atoms with Crippen LogP contribution in [0.5, 0.6) is 11.5 Å². The van der Waals surface area contributed by atoms with Gasteiger partial charge < -0.3 is 14.8 Å². The van der Waals surface area contributed by atoms with Crippen molar-refractivity contribution in [2.45, 2.75) is 13.0 Å². The van der Waals surface area contributed by atoms with E-state index < -0.39 is 12.0 Å². The van der Waals surface area contributed by atoms with Crippen molar-refractivity contribution in [2.75, 3.05) is 12.4 Å². The second-order valence-electron chi connectivity index (χ2n) is 4.90. The van der Waals surface area contributed by atoms with Gasteiger partial charge >= 0.3 is 0 Å². The Kier molecular flexibility index (Phi) is 6.06. The summed E-state index contributed by atoms with van der Waals surface area (Å²) in [5, 5.41) is 3.44. The van der Waals surface area contributed by atoms with Gasteiger partial charge in [-0.25, -0.2) is 0 Å². The lowest BCUT2D eigenvalue weighted by Gasteiger charge is -2.17. The summed E-state index contributed by atoms with van der Waals surface area (Å²) in [5.41, 5.74) is 0.713. The summed E-state index contributed by atoms with van der Waals surface area (Å²) in [4.78, 5) is 23.4. The van der Waals surface area contributed by atoms with Crippen LogP contribution in [-0.2, 0) is 4.79 Å². The summed E-state index contributed by atoms with van der Waals surface area (Å²) >= 11 is 11.8. The number of amides is 1. The molecule has 1 amide bonds. The number of carbonyl (C=O) groups excluding carboxylic acids is 2. The van der Waals surface area contributed by atoms with Gasteiger partial charge in [0.2, 0.25) is 0 Å². The normalized spacial score (nSPS) is 11.5. The second kappa shape index (κ2) is 8.04. The summed E-state index contributed by atoms with van der Waals surface area (Å²) in [6, 6.07) is 9.48. The highest BCUT2D eigenvalue weighted by molar-refractivity contribution is 6.36. The van der Waals surface area contributed by atoms with Crippen LogP contribution >= 0.6 is 23.2 Å². The third-order valence-corrected chi connectivity index (χ3v) is 3.75. The molecule has 0 aliphatic rings. The number of benzene rings is 2. The van der Waals surface area contributed by atoms with Gasteiger partial charge in [0.25, 0.3) is 5.91 Å². The summed E-state index contributed by atoms with van der Waals surface area (Å²) in [6.07, 6.45) is -0.206. The fourth-order valence-corrected chi connectivity index (χ4v) is 2.38. The van der Waals surface area contributed by atoms with E-state index in [2.05, 4.69) is 5.32 Å². The number of nitrogens with one attached hydrogen (secondary N) is 1. The molecular formula is C17H15Cl2NO4. The number of anilines is 1. The number of halogens is 2. The van der Waals surface area contributed by atoms with Gasteiger partial charge in [0, 0.05) is 5.02 Å². The molecule has 1 N–H and O–H groups in total. The molecule has 0 fully saturated rings. The van der Waals surface area contributed by atoms with Crippen molar-refractivity contribution in [2.24, 2.45) is 0 Å². The molecule has 0 aromatic heterocycles. The number of hydrogen-bond donors (Lipinski definition) is 1. The molecule has 0 aliphatic heterocycles.